The van der Waals surface area contributed by atoms with Gasteiger partial charge < -0.3 is 9.64 Å². The van der Waals surface area contributed by atoms with Crippen LogP contribution in [0.2, 0.25) is 0 Å². The van der Waals surface area contributed by atoms with Crippen molar-refractivity contribution in [3.05, 3.63) is 0 Å². The number of ether oxygens (including phenoxy) is 1. The summed E-state index contributed by atoms with van der Waals surface area (Å²) in [4.78, 5) is 13.1. The zero-order valence-corrected chi connectivity index (χ0v) is 6.82. The van der Waals surface area contributed by atoms with E-state index in [1.54, 1.807) is 0 Å². The summed E-state index contributed by atoms with van der Waals surface area (Å²) < 4.78 is 5.32. The number of terminal acetylenes is 1. The summed E-state index contributed by atoms with van der Waals surface area (Å²) in [5.74, 6) is 1.99. The maximum Gasteiger partial charge on any atom is 0.298 e. The molecule has 0 saturated carbocycles. The van der Waals surface area contributed by atoms with E-state index in [0.717, 1.165) is 12.8 Å². The fourth-order valence-electron chi connectivity index (χ4n) is 2.03. The summed E-state index contributed by atoms with van der Waals surface area (Å²) in [6.45, 7) is 1.31. The molecule has 12 heavy (non-hydrogen) atoms. The zero-order valence-electron chi connectivity index (χ0n) is 6.82. The summed E-state index contributed by atoms with van der Waals surface area (Å²) >= 11 is 0. The fourth-order valence-corrected chi connectivity index (χ4v) is 2.03. The Kier molecular flexibility index (Phi) is 1.78. The molecular formula is C9H11NO2. The molecule has 64 valence electrons. The molecule has 3 nitrogen and oxygen atoms in total. The Bertz CT molecular complexity index is 227. The van der Waals surface area contributed by atoms with Gasteiger partial charge in [0.15, 0.2) is 0 Å². The van der Waals surface area contributed by atoms with Gasteiger partial charge in [-0.2, -0.15) is 0 Å². The van der Waals surface area contributed by atoms with Gasteiger partial charge in [0, 0.05) is 0 Å². The molecule has 2 aliphatic rings. The van der Waals surface area contributed by atoms with Gasteiger partial charge in [0.25, 0.3) is 5.91 Å². The lowest BCUT2D eigenvalue weighted by molar-refractivity contribution is -0.134. The van der Waals surface area contributed by atoms with Crippen LogP contribution in [0.5, 0.6) is 0 Å². The Morgan fingerprint density at radius 1 is 1.42 bits per heavy atom. The molecule has 2 unspecified atom stereocenters. The van der Waals surface area contributed by atoms with E-state index in [9.17, 15) is 4.79 Å². The van der Waals surface area contributed by atoms with E-state index >= 15 is 0 Å². The number of fused-ring (bicyclic) bond motifs is 2. The molecule has 2 fully saturated rings. The van der Waals surface area contributed by atoms with Gasteiger partial charge in [-0.3, -0.25) is 4.79 Å². The van der Waals surface area contributed by atoms with Crippen LogP contribution in [0.25, 0.3) is 0 Å². The summed E-state index contributed by atoms with van der Waals surface area (Å²) in [7, 11) is 0. The van der Waals surface area contributed by atoms with Crippen LogP contribution in [0.15, 0.2) is 0 Å². The highest BCUT2D eigenvalue weighted by molar-refractivity contribution is 5.93. The molecule has 2 rings (SSSR count). The molecule has 0 aliphatic carbocycles. The minimum Gasteiger partial charge on any atom is -0.377 e. The first-order valence-corrected chi connectivity index (χ1v) is 4.19. The molecule has 0 aromatic carbocycles. The summed E-state index contributed by atoms with van der Waals surface area (Å²) in [6.07, 6.45) is 7.15. The molecule has 1 amide bonds. The van der Waals surface area contributed by atoms with Crippen molar-refractivity contribution in [2.75, 3.05) is 13.2 Å². The van der Waals surface area contributed by atoms with Gasteiger partial charge in [-0.1, -0.05) is 0 Å². The Morgan fingerprint density at radius 2 is 2.00 bits per heavy atom. The van der Waals surface area contributed by atoms with Crippen LogP contribution in [0.4, 0.5) is 0 Å². The van der Waals surface area contributed by atoms with Gasteiger partial charge >= 0.3 is 0 Å². The molecule has 0 spiro atoms. The number of carbonyl (C=O) groups is 1. The average Bonchev–Trinajstić information content (AvgIpc) is 2.35. The molecule has 0 N–H and O–H groups in total. The minimum atomic E-state index is -0.175. The lowest BCUT2D eigenvalue weighted by Gasteiger charge is -2.32. The maximum absolute atomic E-state index is 11.3. The van der Waals surface area contributed by atoms with E-state index in [2.05, 4.69) is 5.92 Å². The Morgan fingerprint density at radius 3 is 2.50 bits per heavy atom. The van der Waals surface area contributed by atoms with Gasteiger partial charge in [0.1, 0.15) is 0 Å². The summed E-state index contributed by atoms with van der Waals surface area (Å²) in [5.41, 5.74) is 0. The summed E-state index contributed by atoms with van der Waals surface area (Å²) in [5, 5.41) is 0. The molecule has 0 aromatic rings. The topological polar surface area (TPSA) is 29.5 Å². The van der Waals surface area contributed by atoms with Crippen LogP contribution >= 0.6 is 0 Å². The smallest absolute Gasteiger partial charge is 0.298 e. The first-order valence-electron chi connectivity index (χ1n) is 4.19. The lowest BCUT2D eigenvalue weighted by atomic mass is 10.2. The van der Waals surface area contributed by atoms with Crippen LogP contribution in [0.3, 0.4) is 0 Å². The van der Waals surface area contributed by atoms with Gasteiger partial charge in [-0.05, 0) is 18.8 Å². The van der Waals surface area contributed by atoms with Crippen LogP contribution in [-0.4, -0.2) is 36.1 Å². The van der Waals surface area contributed by atoms with Crippen molar-refractivity contribution in [3.8, 4) is 12.3 Å². The van der Waals surface area contributed by atoms with E-state index in [4.69, 9.17) is 11.2 Å². The number of nitrogens with zero attached hydrogens (tertiary/aromatic N) is 1. The van der Waals surface area contributed by atoms with E-state index < -0.39 is 0 Å². The molecule has 2 heterocycles. The predicted molar refractivity (Wildman–Crippen MR) is 43.3 cm³/mol. The standard InChI is InChI=1S/C9H11NO2/c1-2-9(11)10-7-3-4-8(10)6-12-5-7/h1,7-8H,3-6H2. The SMILES string of the molecule is C#CC(=O)N1C2CCC1COC2. The second-order valence-electron chi connectivity index (χ2n) is 3.28. The van der Waals surface area contributed by atoms with Gasteiger partial charge in [0.05, 0.1) is 25.3 Å². The highest BCUT2D eigenvalue weighted by Crippen LogP contribution is 2.28. The van der Waals surface area contributed by atoms with Crippen molar-refractivity contribution in [2.45, 2.75) is 24.9 Å². The lowest BCUT2D eigenvalue weighted by Crippen LogP contribution is -2.48. The van der Waals surface area contributed by atoms with Crippen molar-refractivity contribution in [2.24, 2.45) is 0 Å². The summed E-state index contributed by atoms with van der Waals surface area (Å²) in [6, 6.07) is 0.486. The van der Waals surface area contributed by atoms with Gasteiger partial charge in [0.2, 0.25) is 0 Å². The first-order chi connectivity index (χ1) is 5.83. The molecule has 2 saturated heterocycles. The molecule has 2 bridgehead atoms. The Balaban J connectivity index is 2.16. The van der Waals surface area contributed by atoms with Gasteiger partial charge in [-0.25, -0.2) is 0 Å². The third-order valence-corrected chi connectivity index (χ3v) is 2.60. The number of hydrogen-bond donors (Lipinski definition) is 0. The number of amides is 1. The number of morpholine rings is 1. The second kappa shape index (κ2) is 2.80. The van der Waals surface area contributed by atoms with Crippen molar-refractivity contribution >= 4 is 5.91 Å². The number of carbonyl (C=O) groups excluding carboxylic acids is 1. The maximum atomic E-state index is 11.3. The largest absolute Gasteiger partial charge is 0.377 e. The molecule has 2 aliphatic heterocycles. The third kappa shape index (κ3) is 0.997. The Labute approximate surface area is 71.7 Å². The zero-order chi connectivity index (χ0) is 8.55. The average molecular weight is 165 g/mol. The second-order valence-corrected chi connectivity index (χ2v) is 3.28. The molecule has 3 heteroatoms. The third-order valence-electron chi connectivity index (χ3n) is 2.60. The highest BCUT2D eigenvalue weighted by atomic mass is 16.5. The van der Waals surface area contributed by atoms with E-state index in [-0.39, 0.29) is 18.0 Å². The number of hydrogen-bond acceptors (Lipinski definition) is 2. The molecule has 0 radical (unpaired) electrons. The van der Waals surface area contributed by atoms with Crippen LogP contribution in [-0.2, 0) is 9.53 Å². The molecule has 2 atom stereocenters. The van der Waals surface area contributed by atoms with Gasteiger partial charge in [-0.15, -0.1) is 6.42 Å². The Hall–Kier alpha value is -1.01. The highest BCUT2D eigenvalue weighted by Gasteiger charge is 2.39. The van der Waals surface area contributed by atoms with Crippen molar-refractivity contribution < 1.29 is 9.53 Å². The van der Waals surface area contributed by atoms with Crippen molar-refractivity contribution in [1.29, 1.82) is 0 Å². The van der Waals surface area contributed by atoms with E-state index in [1.165, 1.54) is 0 Å². The molecular weight excluding hydrogens is 154 g/mol. The fraction of sp³-hybridized carbons (Fsp3) is 0.667. The van der Waals surface area contributed by atoms with Crippen LogP contribution in [0.1, 0.15) is 12.8 Å². The van der Waals surface area contributed by atoms with Crippen molar-refractivity contribution in [1.82, 2.24) is 4.90 Å². The quantitative estimate of drug-likeness (QED) is 0.473. The van der Waals surface area contributed by atoms with E-state index in [0.29, 0.717) is 13.2 Å². The molecule has 0 aromatic heterocycles. The minimum absolute atomic E-state index is 0.175. The normalized spacial score (nSPS) is 33.1. The van der Waals surface area contributed by atoms with Crippen LogP contribution < -0.4 is 0 Å². The number of rotatable bonds is 0. The predicted octanol–water partition coefficient (Wildman–Crippen LogP) is 0.00940. The van der Waals surface area contributed by atoms with E-state index in [1.807, 2.05) is 4.90 Å². The first kappa shape index (κ1) is 7.63. The van der Waals surface area contributed by atoms with Crippen LogP contribution in [0, 0.1) is 12.3 Å². The van der Waals surface area contributed by atoms with Crippen molar-refractivity contribution in [3.63, 3.8) is 0 Å². The monoisotopic (exact) mass is 165 g/mol.